The van der Waals surface area contributed by atoms with Gasteiger partial charge >= 0.3 is 0 Å². The van der Waals surface area contributed by atoms with Crippen LogP contribution in [0.1, 0.15) is 44.2 Å². The molecular formula is C16H24O. The first-order chi connectivity index (χ1) is 8.26. The van der Waals surface area contributed by atoms with E-state index in [0.29, 0.717) is 11.8 Å². The third-order valence-electron chi connectivity index (χ3n) is 4.40. The first kappa shape index (κ1) is 12.6. The Morgan fingerprint density at radius 3 is 2.47 bits per heavy atom. The quantitative estimate of drug-likeness (QED) is 0.841. The van der Waals surface area contributed by atoms with Gasteiger partial charge in [0, 0.05) is 0 Å². The van der Waals surface area contributed by atoms with Gasteiger partial charge in [0.15, 0.2) is 0 Å². The van der Waals surface area contributed by atoms with E-state index in [1.807, 2.05) is 0 Å². The van der Waals surface area contributed by atoms with Gasteiger partial charge in [0.2, 0.25) is 0 Å². The van der Waals surface area contributed by atoms with Crippen molar-refractivity contribution in [2.24, 2.45) is 11.8 Å². The Bertz CT molecular complexity index is 354. The Kier molecular flexibility index (Phi) is 4.22. The number of benzene rings is 1. The minimum Gasteiger partial charge on any atom is -0.393 e. The molecule has 17 heavy (non-hydrogen) atoms. The minimum atomic E-state index is -0.113. The van der Waals surface area contributed by atoms with Crippen LogP contribution >= 0.6 is 0 Å². The van der Waals surface area contributed by atoms with Crippen molar-refractivity contribution in [3.8, 4) is 0 Å². The molecule has 1 N–H and O–H groups in total. The summed E-state index contributed by atoms with van der Waals surface area (Å²) in [5, 5.41) is 10.5. The third kappa shape index (κ3) is 2.71. The molecule has 1 nitrogen and oxygen atoms in total. The standard InChI is InChI=1S/C16H24O/c1-3-12(4-2)16(17)15-10-9-13-7-5-6-8-14(13)11-15/h5-8,12,15-17H,3-4,9-11H2,1-2H3. The summed E-state index contributed by atoms with van der Waals surface area (Å²) >= 11 is 0. The zero-order valence-electron chi connectivity index (χ0n) is 11.0. The van der Waals surface area contributed by atoms with Gasteiger partial charge in [0.25, 0.3) is 0 Å². The second-order valence-electron chi connectivity index (χ2n) is 5.34. The van der Waals surface area contributed by atoms with Crippen LogP contribution in [0, 0.1) is 11.8 Å². The largest absolute Gasteiger partial charge is 0.393 e. The topological polar surface area (TPSA) is 20.2 Å². The van der Waals surface area contributed by atoms with Gasteiger partial charge in [-0.05, 0) is 42.2 Å². The van der Waals surface area contributed by atoms with Gasteiger partial charge in [-0.3, -0.25) is 0 Å². The van der Waals surface area contributed by atoms with Gasteiger partial charge in [-0.2, -0.15) is 0 Å². The molecule has 0 heterocycles. The molecule has 0 bridgehead atoms. The van der Waals surface area contributed by atoms with Crippen molar-refractivity contribution >= 4 is 0 Å². The van der Waals surface area contributed by atoms with Crippen molar-refractivity contribution in [3.05, 3.63) is 35.4 Å². The number of rotatable bonds is 4. The number of hydrogen-bond acceptors (Lipinski definition) is 1. The number of aliphatic hydroxyl groups is 1. The molecule has 2 unspecified atom stereocenters. The third-order valence-corrected chi connectivity index (χ3v) is 4.40. The first-order valence-electron chi connectivity index (χ1n) is 7.01. The number of hydrogen-bond donors (Lipinski definition) is 1. The van der Waals surface area contributed by atoms with E-state index >= 15 is 0 Å². The molecule has 2 atom stereocenters. The summed E-state index contributed by atoms with van der Waals surface area (Å²) in [5.74, 6) is 0.945. The van der Waals surface area contributed by atoms with E-state index in [2.05, 4.69) is 38.1 Å². The zero-order valence-corrected chi connectivity index (χ0v) is 11.0. The molecule has 0 saturated carbocycles. The average Bonchev–Trinajstić information content (AvgIpc) is 2.39. The Morgan fingerprint density at radius 1 is 1.18 bits per heavy atom. The molecule has 0 aromatic heterocycles. The summed E-state index contributed by atoms with van der Waals surface area (Å²) in [6, 6.07) is 8.69. The van der Waals surface area contributed by atoms with E-state index < -0.39 is 0 Å². The number of aliphatic hydroxyl groups excluding tert-OH is 1. The molecule has 1 aliphatic rings. The van der Waals surface area contributed by atoms with Crippen molar-refractivity contribution in [1.82, 2.24) is 0 Å². The van der Waals surface area contributed by atoms with E-state index in [0.717, 1.165) is 32.1 Å². The van der Waals surface area contributed by atoms with Gasteiger partial charge in [-0.25, -0.2) is 0 Å². The lowest BCUT2D eigenvalue weighted by molar-refractivity contribution is 0.0402. The van der Waals surface area contributed by atoms with E-state index in [-0.39, 0.29) is 6.10 Å². The molecule has 0 aliphatic heterocycles. The molecule has 1 aliphatic carbocycles. The molecule has 94 valence electrons. The second-order valence-corrected chi connectivity index (χ2v) is 5.34. The lowest BCUT2D eigenvalue weighted by Gasteiger charge is -2.32. The SMILES string of the molecule is CCC(CC)C(O)C1CCc2ccccc2C1. The first-order valence-corrected chi connectivity index (χ1v) is 7.01. The van der Waals surface area contributed by atoms with E-state index in [1.165, 1.54) is 11.1 Å². The summed E-state index contributed by atoms with van der Waals surface area (Å²) < 4.78 is 0. The fourth-order valence-electron chi connectivity index (χ4n) is 3.17. The summed E-state index contributed by atoms with van der Waals surface area (Å²) in [6.45, 7) is 4.38. The van der Waals surface area contributed by atoms with Gasteiger partial charge in [-0.15, -0.1) is 0 Å². The smallest absolute Gasteiger partial charge is 0.0599 e. The van der Waals surface area contributed by atoms with Gasteiger partial charge in [0.05, 0.1) is 6.10 Å². The monoisotopic (exact) mass is 232 g/mol. The predicted molar refractivity (Wildman–Crippen MR) is 72.0 cm³/mol. The Balaban J connectivity index is 2.07. The summed E-state index contributed by atoms with van der Waals surface area (Å²) in [4.78, 5) is 0. The van der Waals surface area contributed by atoms with Gasteiger partial charge in [0.1, 0.15) is 0 Å². The maximum atomic E-state index is 10.5. The minimum absolute atomic E-state index is 0.113. The molecule has 1 aromatic rings. The zero-order chi connectivity index (χ0) is 12.3. The maximum Gasteiger partial charge on any atom is 0.0599 e. The van der Waals surface area contributed by atoms with Crippen molar-refractivity contribution in [2.45, 2.75) is 52.1 Å². The maximum absolute atomic E-state index is 10.5. The molecule has 1 heteroatoms. The molecule has 0 radical (unpaired) electrons. The summed E-state index contributed by atoms with van der Waals surface area (Å²) in [5.41, 5.74) is 2.94. The van der Waals surface area contributed by atoms with Crippen LogP contribution in [0.4, 0.5) is 0 Å². The van der Waals surface area contributed by atoms with Crippen LogP contribution in [-0.2, 0) is 12.8 Å². The lowest BCUT2D eigenvalue weighted by atomic mass is 9.76. The molecule has 1 aromatic carbocycles. The highest BCUT2D eigenvalue weighted by atomic mass is 16.3. The molecule has 0 spiro atoms. The molecule has 2 rings (SSSR count). The number of fused-ring (bicyclic) bond motifs is 1. The normalized spacial score (nSPS) is 21.3. The fourth-order valence-corrected chi connectivity index (χ4v) is 3.17. The van der Waals surface area contributed by atoms with Crippen LogP contribution in [-0.4, -0.2) is 11.2 Å². The molecular weight excluding hydrogens is 208 g/mol. The predicted octanol–water partition coefficient (Wildman–Crippen LogP) is 3.59. The van der Waals surface area contributed by atoms with Crippen LogP contribution in [0.15, 0.2) is 24.3 Å². The van der Waals surface area contributed by atoms with Crippen LogP contribution in [0.3, 0.4) is 0 Å². The van der Waals surface area contributed by atoms with Crippen LogP contribution in [0.25, 0.3) is 0 Å². The molecule has 0 saturated heterocycles. The molecule has 0 fully saturated rings. The van der Waals surface area contributed by atoms with Gasteiger partial charge < -0.3 is 5.11 Å². The fraction of sp³-hybridized carbons (Fsp3) is 0.625. The highest BCUT2D eigenvalue weighted by Gasteiger charge is 2.28. The van der Waals surface area contributed by atoms with Crippen LogP contribution in [0.5, 0.6) is 0 Å². The lowest BCUT2D eigenvalue weighted by Crippen LogP contribution is -2.32. The molecule has 0 amide bonds. The summed E-state index contributed by atoms with van der Waals surface area (Å²) in [7, 11) is 0. The van der Waals surface area contributed by atoms with Crippen LogP contribution < -0.4 is 0 Å². The van der Waals surface area contributed by atoms with Crippen molar-refractivity contribution < 1.29 is 5.11 Å². The van der Waals surface area contributed by atoms with E-state index in [1.54, 1.807) is 0 Å². The summed E-state index contributed by atoms with van der Waals surface area (Å²) in [6.07, 6.45) is 5.42. The highest BCUT2D eigenvalue weighted by molar-refractivity contribution is 5.29. The van der Waals surface area contributed by atoms with Crippen LogP contribution in [0.2, 0.25) is 0 Å². The van der Waals surface area contributed by atoms with Crippen molar-refractivity contribution in [3.63, 3.8) is 0 Å². The van der Waals surface area contributed by atoms with E-state index in [4.69, 9.17) is 0 Å². The Hall–Kier alpha value is -0.820. The van der Waals surface area contributed by atoms with Crippen molar-refractivity contribution in [2.75, 3.05) is 0 Å². The van der Waals surface area contributed by atoms with E-state index in [9.17, 15) is 5.11 Å². The van der Waals surface area contributed by atoms with Gasteiger partial charge in [-0.1, -0.05) is 51.0 Å². The average molecular weight is 232 g/mol. The second kappa shape index (κ2) is 5.68. The Morgan fingerprint density at radius 2 is 1.82 bits per heavy atom. The highest BCUT2D eigenvalue weighted by Crippen LogP contribution is 2.31. The Labute approximate surface area is 105 Å². The van der Waals surface area contributed by atoms with Crippen molar-refractivity contribution in [1.29, 1.82) is 0 Å². The number of aryl methyl sites for hydroxylation is 1.